The summed E-state index contributed by atoms with van der Waals surface area (Å²) in [4.78, 5) is 13.7. The third kappa shape index (κ3) is 2.88. The third-order valence-electron chi connectivity index (χ3n) is 2.60. The number of halogens is 2. The van der Waals surface area contributed by atoms with Crippen molar-refractivity contribution in [1.82, 2.24) is 4.90 Å². The first-order valence-electron chi connectivity index (χ1n) is 4.97. The topological polar surface area (TPSA) is 46.3 Å². The molecule has 0 unspecified atom stereocenters. The Morgan fingerprint density at radius 2 is 2.00 bits per heavy atom. The highest BCUT2D eigenvalue weighted by Crippen LogP contribution is 2.14. The van der Waals surface area contributed by atoms with Gasteiger partial charge in [0.1, 0.15) is 0 Å². The number of benzene rings is 1. The largest absolute Gasteiger partial charge is 0.337 e. The zero-order chi connectivity index (χ0) is 10.8. The SMILES string of the molecule is Cl.N[C@@H]1CCN(C(=O)c2ccc(Cl)cc2)C1. The highest BCUT2D eigenvalue weighted by Gasteiger charge is 2.24. The number of nitrogens with zero attached hydrogens (tertiary/aromatic N) is 1. The van der Waals surface area contributed by atoms with Crippen molar-refractivity contribution < 1.29 is 4.79 Å². The molecule has 1 aromatic carbocycles. The Morgan fingerprint density at radius 3 is 2.50 bits per heavy atom. The summed E-state index contributed by atoms with van der Waals surface area (Å²) >= 11 is 5.75. The van der Waals surface area contributed by atoms with Gasteiger partial charge >= 0.3 is 0 Å². The van der Waals surface area contributed by atoms with Crippen molar-refractivity contribution >= 4 is 29.9 Å². The van der Waals surface area contributed by atoms with Gasteiger partial charge in [0, 0.05) is 29.7 Å². The zero-order valence-electron chi connectivity index (χ0n) is 8.73. The van der Waals surface area contributed by atoms with Crippen molar-refractivity contribution in [2.75, 3.05) is 13.1 Å². The smallest absolute Gasteiger partial charge is 0.253 e. The Morgan fingerprint density at radius 1 is 1.38 bits per heavy atom. The summed E-state index contributed by atoms with van der Waals surface area (Å²) in [6.45, 7) is 1.41. The summed E-state index contributed by atoms with van der Waals surface area (Å²) in [5, 5.41) is 0.643. The first-order valence-corrected chi connectivity index (χ1v) is 5.35. The van der Waals surface area contributed by atoms with Gasteiger partial charge in [0.05, 0.1) is 0 Å². The van der Waals surface area contributed by atoms with E-state index in [0.29, 0.717) is 17.1 Å². The van der Waals surface area contributed by atoms with Crippen molar-refractivity contribution in [2.45, 2.75) is 12.5 Å². The van der Waals surface area contributed by atoms with Crippen LogP contribution in [0.15, 0.2) is 24.3 Å². The molecule has 1 atom stereocenters. The van der Waals surface area contributed by atoms with Crippen LogP contribution >= 0.6 is 24.0 Å². The minimum absolute atomic E-state index is 0. The molecule has 1 aliphatic rings. The van der Waals surface area contributed by atoms with Crippen molar-refractivity contribution in [2.24, 2.45) is 5.73 Å². The molecule has 2 rings (SSSR count). The van der Waals surface area contributed by atoms with E-state index in [2.05, 4.69) is 0 Å². The fourth-order valence-electron chi connectivity index (χ4n) is 1.75. The van der Waals surface area contributed by atoms with E-state index in [1.165, 1.54) is 0 Å². The van der Waals surface area contributed by atoms with Gasteiger partial charge in [0.2, 0.25) is 0 Å². The molecule has 2 N–H and O–H groups in total. The third-order valence-corrected chi connectivity index (χ3v) is 2.86. The predicted molar refractivity (Wildman–Crippen MR) is 67.2 cm³/mol. The summed E-state index contributed by atoms with van der Waals surface area (Å²) in [5.74, 6) is 0.0413. The lowest BCUT2D eigenvalue weighted by Gasteiger charge is -2.15. The van der Waals surface area contributed by atoms with Gasteiger partial charge in [-0.15, -0.1) is 12.4 Å². The molecule has 0 radical (unpaired) electrons. The molecule has 1 saturated heterocycles. The molecule has 0 saturated carbocycles. The van der Waals surface area contributed by atoms with Crippen LogP contribution in [0.1, 0.15) is 16.8 Å². The van der Waals surface area contributed by atoms with E-state index in [9.17, 15) is 4.79 Å². The maximum Gasteiger partial charge on any atom is 0.253 e. The molecule has 3 nitrogen and oxygen atoms in total. The summed E-state index contributed by atoms with van der Waals surface area (Å²) in [6, 6.07) is 7.07. The Hall–Kier alpha value is -0.770. The second kappa shape index (κ2) is 5.53. The van der Waals surface area contributed by atoms with Crippen molar-refractivity contribution in [3.05, 3.63) is 34.9 Å². The lowest BCUT2D eigenvalue weighted by atomic mass is 10.2. The molecular weight excluding hydrogens is 247 g/mol. The van der Waals surface area contributed by atoms with Crippen LogP contribution in [0.3, 0.4) is 0 Å². The van der Waals surface area contributed by atoms with Gasteiger partial charge in [-0.2, -0.15) is 0 Å². The van der Waals surface area contributed by atoms with E-state index in [-0.39, 0.29) is 24.4 Å². The molecule has 16 heavy (non-hydrogen) atoms. The van der Waals surface area contributed by atoms with Gasteiger partial charge in [-0.3, -0.25) is 4.79 Å². The Kier molecular flexibility index (Phi) is 4.59. The van der Waals surface area contributed by atoms with Crippen LogP contribution in [0.5, 0.6) is 0 Å². The normalized spacial score (nSPS) is 19.4. The van der Waals surface area contributed by atoms with Gasteiger partial charge in [-0.1, -0.05) is 11.6 Å². The Balaban J connectivity index is 0.00000128. The second-order valence-electron chi connectivity index (χ2n) is 3.81. The maximum absolute atomic E-state index is 11.9. The highest BCUT2D eigenvalue weighted by molar-refractivity contribution is 6.30. The van der Waals surface area contributed by atoms with Crippen LogP contribution in [0.4, 0.5) is 0 Å². The zero-order valence-corrected chi connectivity index (χ0v) is 10.3. The van der Waals surface area contributed by atoms with Gasteiger partial charge in [-0.05, 0) is 30.7 Å². The molecule has 0 bridgehead atoms. The highest BCUT2D eigenvalue weighted by atomic mass is 35.5. The lowest BCUT2D eigenvalue weighted by molar-refractivity contribution is 0.0791. The van der Waals surface area contributed by atoms with Crippen LogP contribution in [-0.4, -0.2) is 29.9 Å². The molecule has 0 spiro atoms. The van der Waals surface area contributed by atoms with Gasteiger partial charge in [-0.25, -0.2) is 0 Å². The minimum atomic E-state index is 0. The first-order chi connectivity index (χ1) is 7.16. The minimum Gasteiger partial charge on any atom is -0.337 e. The van der Waals surface area contributed by atoms with Crippen molar-refractivity contribution in [1.29, 1.82) is 0 Å². The molecule has 1 amide bonds. The molecular formula is C11H14Cl2N2O. The molecule has 1 aromatic rings. The van der Waals surface area contributed by atoms with E-state index in [4.69, 9.17) is 17.3 Å². The lowest BCUT2D eigenvalue weighted by Crippen LogP contribution is -2.31. The van der Waals surface area contributed by atoms with Crippen LogP contribution in [0.25, 0.3) is 0 Å². The van der Waals surface area contributed by atoms with Crippen LogP contribution in [0.2, 0.25) is 5.02 Å². The Bertz CT molecular complexity index is 367. The number of hydrogen-bond acceptors (Lipinski definition) is 2. The van der Waals surface area contributed by atoms with E-state index < -0.39 is 0 Å². The number of carbonyl (C=O) groups is 1. The number of nitrogens with two attached hydrogens (primary N) is 1. The first kappa shape index (κ1) is 13.3. The van der Waals surface area contributed by atoms with Gasteiger partial charge in [0.15, 0.2) is 0 Å². The molecule has 1 aliphatic heterocycles. The van der Waals surface area contributed by atoms with Crippen LogP contribution in [0, 0.1) is 0 Å². The van der Waals surface area contributed by atoms with E-state index in [0.717, 1.165) is 13.0 Å². The number of hydrogen-bond donors (Lipinski definition) is 1. The summed E-state index contributed by atoms with van der Waals surface area (Å²) in [6.07, 6.45) is 0.888. The molecule has 1 fully saturated rings. The van der Waals surface area contributed by atoms with Crippen LogP contribution in [-0.2, 0) is 0 Å². The van der Waals surface area contributed by atoms with Crippen molar-refractivity contribution in [3.63, 3.8) is 0 Å². The average molecular weight is 261 g/mol. The predicted octanol–water partition coefficient (Wildman–Crippen LogP) is 1.94. The standard InChI is InChI=1S/C11H13ClN2O.ClH/c12-9-3-1-8(2-4-9)11(15)14-6-5-10(13)7-14;/h1-4,10H,5-7,13H2;1H/t10-;/m1./s1. The summed E-state index contributed by atoms with van der Waals surface area (Å²) in [7, 11) is 0. The fraction of sp³-hybridized carbons (Fsp3) is 0.364. The molecule has 0 aliphatic carbocycles. The van der Waals surface area contributed by atoms with E-state index >= 15 is 0 Å². The van der Waals surface area contributed by atoms with Gasteiger partial charge in [0.25, 0.3) is 5.91 Å². The number of likely N-dealkylation sites (tertiary alicyclic amines) is 1. The summed E-state index contributed by atoms with van der Waals surface area (Å²) in [5.41, 5.74) is 6.42. The monoisotopic (exact) mass is 260 g/mol. The van der Waals surface area contributed by atoms with Crippen LogP contribution < -0.4 is 5.73 Å². The molecule has 1 heterocycles. The number of carbonyl (C=O) groups excluding carboxylic acids is 1. The quantitative estimate of drug-likeness (QED) is 0.839. The average Bonchev–Trinajstić information content (AvgIpc) is 2.65. The number of rotatable bonds is 1. The molecule has 5 heteroatoms. The van der Waals surface area contributed by atoms with Gasteiger partial charge < -0.3 is 10.6 Å². The molecule has 0 aromatic heterocycles. The second-order valence-corrected chi connectivity index (χ2v) is 4.24. The van der Waals surface area contributed by atoms with E-state index in [1.54, 1.807) is 29.2 Å². The maximum atomic E-state index is 11.9. The molecule has 88 valence electrons. The fourth-order valence-corrected chi connectivity index (χ4v) is 1.87. The summed E-state index contributed by atoms with van der Waals surface area (Å²) < 4.78 is 0. The number of amides is 1. The van der Waals surface area contributed by atoms with E-state index in [1.807, 2.05) is 0 Å². The van der Waals surface area contributed by atoms with Crippen molar-refractivity contribution in [3.8, 4) is 0 Å². The Labute approximate surface area is 106 Å².